The van der Waals surface area contributed by atoms with Crippen molar-refractivity contribution in [2.75, 3.05) is 0 Å². The molecule has 6 heavy (non-hydrogen) atoms. The fourth-order valence-electron chi connectivity index (χ4n) is 0. The molecule has 0 bridgehead atoms. The van der Waals surface area contributed by atoms with Crippen molar-refractivity contribution in [2.24, 2.45) is 11.5 Å². The molecule has 40 valence electrons. The minimum atomic E-state index is -0.500. The Kier molecular flexibility index (Phi) is 3.35. The lowest BCUT2D eigenvalue weighted by Gasteiger charge is -2.07. The molecule has 4 N–H and O–H groups in total. The van der Waals surface area contributed by atoms with E-state index < -0.39 is 5.66 Å². The third-order valence-electron chi connectivity index (χ3n) is 0. The van der Waals surface area contributed by atoms with Gasteiger partial charge in [0.05, 0.1) is 5.66 Å². The highest BCUT2D eigenvalue weighted by molar-refractivity contribution is 4.57. The van der Waals surface area contributed by atoms with Gasteiger partial charge in [0.2, 0.25) is 0 Å². The van der Waals surface area contributed by atoms with Gasteiger partial charge < -0.3 is 11.5 Å². The van der Waals surface area contributed by atoms with Crippen LogP contribution in [-0.2, 0) is 0 Å². The summed E-state index contributed by atoms with van der Waals surface area (Å²) in [5, 5.41) is 0. The molecule has 0 saturated carbocycles. The van der Waals surface area contributed by atoms with Gasteiger partial charge in [0.15, 0.2) is 0 Å². The maximum absolute atomic E-state index is 5.13. The van der Waals surface area contributed by atoms with Crippen molar-refractivity contribution in [3.05, 3.63) is 0 Å². The molecule has 0 fully saturated rings. The molecule has 0 aromatic carbocycles. The molecule has 0 radical (unpaired) electrons. The van der Waals surface area contributed by atoms with E-state index >= 15 is 0 Å². The Morgan fingerprint density at radius 3 is 1.17 bits per heavy atom. The fraction of sp³-hybridized carbons (Fsp3) is 1.00. The number of rotatable bonds is 0. The minimum absolute atomic E-state index is 0. The van der Waals surface area contributed by atoms with E-state index in [0.29, 0.717) is 0 Å². The summed E-state index contributed by atoms with van der Waals surface area (Å²) in [6.45, 7) is 3.49. The molecule has 0 rings (SSSR count). The van der Waals surface area contributed by atoms with E-state index in [1.54, 1.807) is 13.8 Å². The monoisotopic (exact) mass is 90.1 g/mol. The third-order valence-corrected chi connectivity index (χ3v) is 0. The first-order valence-corrected chi connectivity index (χ1v) is 1.58. The number of nitrogens with two attached hydrogens (primary N) is 2. The highest BCUT2D eigenvalue weighted by Crippen LogP contribution is 1.76. The second kappa shape index (κ2) is 2.16. The minimum Gasteiger partial charge on any atom is -0.314 e. The van der Waals surface area contributed by atoms with Gasteiger partial charge in [-0.05, 0) is 13.8 Å². The van der Waals surface area contributed by atoms with E-state index in [-0.39, 0.29) is 7.43 Å². The molecule has 0 atom stereocenters. The zero-order valence-corrected chi connectivity index (χ0v) is 3.65. The van der Waals surface area contributed by atoms with Gasteiger partial charge in [-0.25, -0.2) is 0 Å². The molecule has 2 heteroatoms. The average molecular weight is 90.2 g/mol. The van der Waals surface area contributed by atoms with Gasteiger partial charge in [-0.1, -0.05) is 7.43 Å². The van der Waals surface area contributed by atoms with Crippen LogP contribution in [0.2, 0.25) is 0 Å². The summed E-state index contributed by atoms with van der Waals surface area (Å²) in [4.78, 5) is 0. The van der Waals surface area contributed by atoms with Crippen LogP contribution in [0, 0.1) is 0 Å². The van der Waals surface area contributed by atoms with Gasteiger partial charge in [0, 0.05) is 0 Å². The predicted molar refractivity (Wildman–Crippen MR) is 29.2 cm³/mol. The van der Waals surface area contributed by atoms with Crippen molar-refractivity contribution in [3.8, 4) is 0 Å². The Morgan fingerprint density at radius 2 is 1.17 bits per heavy atom. The van der Waals surface area contributed by atoms with E-state index in [0.717, 1.165) is 0 Å². The standard InChI is InChI=1S/C3H10N2.CH4/c1-3(2,4)5;/h4-5H2,1-2H3;1H4. The quantitative estimate of drug-likeness (QED) is 0.420. The Balaban J connectivity index is 0. The van der Waals surface area contributed by atoms with Crippen LogP contribution in [0.25, 0.3) is 0 Å². The van der Waals surface area contributed by atoms with Crippen molar-refractivity contribution < 1.29 is 0 Å². The summed E-state index contributed by atoms with van der Waals surface area (Å²) in [6, 6.07) is 0. The van der Waals surface area contributed by atoms with Crippen LogP contribution < -0.4 is 11.5 Å². The van der Waals surface area contributed by atoms with Crippen LogP contribution in [0.15, 0.2) is 0 Å². The van der Waals surface area contributed by atoms with E-state index in [9.17, 15) is 0 Å². The van der Waals surface area contributed by atoms with Gasteiger partial charge in [-0.2, -0.15) is 0 Å². The lowest BCUT2D eigenvalue weighted by Crippen LogP contribution is -2.42. The molecule has 0 heterocycles. The molecule has 0 amide bonds. The number of hydrogen-bond donors (Lipinski definition) is 2. The molecular formula is C4H14N2. The zero-order valence-electron chi connectivity index (χ0n) is 3.65. The summed E-state index contributed by atoms with van der Waals surface area (Å²) in [7, 11) is 0. The molecular weight excluding hydrogens is 76.1 g/mol. The van der Waals surface area contributed by atoms with Crippen molar-refractivity contribution in [1.82, 2.24) is 0 Å². The van der Waals surface area contributed by atoms with Crippen LogP contribution in [0.1, 0.15) is 21.3 Å². The molecule has 0 saturated heterocycles. The molecule has 0 aliphatic carbocycles. The van der Waals surface area contributed by atoms with Crippen molar-refractivity contribution in [2.45, 2.75) is 26.9 Å². The van der Waals surface area contributed by atoms with Crippen molar-refractivity contribution >= 4 is 0 Å². The SMILES string of the molecule is C.CC(C)(N)N. The Bertz CT molecular complexity index is 21.0. The molecule has 0 aromatic rings. The first kappa shape index (κ1) is 9.33. The van der Waals surface area contributed by atoms with E-state index in [1.807, 2.05) is 0 Å². The largest absolute Gasteiger partial charge is 0.314 e. The Labute approximate surface area is 39.5 Å². The molecule has 0 aromatic heterocycles. The molecule has 0 unspecified atom stereocenters. The van der Waals surface area contributed by atoms with Crippen LogP contribution >= 0.6 is 0 Å². The third kappa shape index (κ3) is 5220. The maximum atomic E-state index is 5.13. The van der Waals surface area contributed by atoms with Crippen LogP contribution in [-0.4, -0.2) is 5.66 Å². The van der Waals surface area contributed by atoms with Crippen LogP contribution in [0.5, 0.6) is 0 Å². The average Bonchev–Trinajstić information content (AvgIpc) is 0.722. The lowest BCUT2D eigenvalue weighted by molar-refractivity contribution is 0.547. The van der Waals surface area contributed by atoms with Gasteiger partial charge in [0.1, 0.15) is 0 Å². The summed E-state index contributed by atoms with van der Waals surface area (Å²) in [5.74, 6) is 0. The second-order valence-electron chi connectivity index (χ2n) is 1.82. The van der Waals surface area contributed by atoms with Gasteiger partial charge >= 0.3 is 0 Å². The smallest absolute Gasteiger partial charge is 0.0578 e. The topological polar surface area (TPSA) is 52.0 Å². The first-order chi connectivity index (χ1) is 2.00. The second-order valence-corrected chi connectivity index (χ2v) is 1.82. The normalized spacial score (nSPS) is 10.0. The highest BCUT2D eigenvalue weighted by Gasteiger charge is 1.95. The summed E-state index contributed by atoms with van der Waals surface area (Å²) < 4.78 is 0. The lowest BCUT2D eigenvalue weighted by atomic mass is 10.3. The van der Waals surface area contributed by atoms with Gasteiger partial charge in [-0.15, -0.1) is 0 Å². The van der Waals surface area contributed by atoms with Gasteiger partial charge in [0.25, 0.3) is 0 Å². The molecule has 0 aliphatic heterocycles. The van der Waals surface area contributed by atoms with Crippen molar-refractivity contribution in [1.29, 1.82) is 0 Å². The summed E-state index contributed by atoms with van der Waals surface area (Å²) in [6.07, 6.45) is 0. The Hall–Kier alpha value is -0.0800. The highest BCUT2D eigenvalue weighted by atomic mass is 14.9. The number of hydrogen-bond acceptors (Lipinski definition) is 2. The molecule has 2 nitrogen and oxygen atoms in total. The van der Waals surface area contributed by atoms with E-state index in [4.69, 9.17) is 11.5 Å². The Morgan fingerprint density at radius 1 is 1.17 bits per heavy atom. The van der Waals surface area contributed by atoms with Crippen LogP contribution in [0.4, 0.5) is 0 Å². The van der Waals surface area contributed by atoms with Crippen molar-refractivity contribution in [3.63, 3.8) is 0 Å². The molecule has 0 spiro atoms. The maximum Gasteiger partial charge on any atom is 0.0578 e. The van der Waals surface area contributed by atoms with Crippen LogP contribution in [0.3, 0.4) is 0 Å². The van der Waals surface area contributed by atoms with E-state index in [2.05, 4.69) is 0 Å². The van der Waals surface area contributed by atoms with E-state index in [1.165, 1.54) is 0 Å². The van der Waals surface area contributed by atoms with Gasteiger partial charge in [-0.3, -0.25) is 0 Å². The fourth-order valence-corrected chi connectivity index (χ4v) is 0. The first-order valence-electron chi connectivity index (χ1n) is 1.58. The predicted octanol–water partition coefficient (Wildman–Crippen LogP) is 0.276. The molecule has 0 aliphatic rings. The summed E-state index contributed by atoms with van der Waals surface area (Å²) >= 11 is 0. The zero-order chi connectivity index (χ0) is 4.50. The summed E-state index contributed by atoms with van der Waals surface area (Å²) in [5.41, 5.74) is 9.76.